The maximum atomic E-state index is 11.5. The Morgan fingerprint density at radius 3 is 2.93 bits per heavy atom. The molecule has 1 aromatic heterocycles. The van der Waals surface area contributed by atoms with Gasteiger partial charge in [-0.2, -0.15) is 10.2 Å². The van der Waals surface area contributed by atoms with Gasteiger partial charge in [-0.15, -0.1) is 0 Å². The van der Waals surface area contributed by atoms with Crippen molar-refractivity contribution in [2.24, 2.45) is 5.73 Å². The Morgan fingerprint density at radius 1 is 1.64 bits per heavy atom. The zero-order chi connectivity index (χ0) is 10.4. The van der Waals surface area contributed by atoms with Crippen molar-refractivity contribution in [1.82, 2.24) is 15.5 Å². The lowest BCUT2D eigenvalue weighted by Crippen LogP contribution is -2.39. The van der Waals surface area contributed by atoms with Crippen LogP contribution in [0.3, 0.4) is 0 Å². The fourth-order valence-electron chi connectivity index (χ4n) is 1.02. The van der Waals surface area contributed by atoms with E-state index in [4.69, 9.17) is 5.73 Å². The number of nitrogens with two attached hydrogens (primary N) is 1. The third-order valence-corrected chi connectivity index (χ3v) is 1.96. The van der Waals surface area contributed by atoms with Crippen molar-refractivity contribution in [1.29, 1.82) is 0 Å². The monoisotopic (exact) mass is 194 g/mol. The first-order valence-corrected chi connectivity index (χ1v) is 4.55. The number of hydrogen-bond acceptors (Lipinski definition) is 4. The summed E-state index contributed by atoms with van der Waals surface area (Å²) >= 11 is 0. The lowest BCUT2D eigenvalue weighted by molar-refractivity contribution is 0.0936. The maximum Gasteiger partial charge on any atom is 0.253 e. The first-order chi connectivity index (χ1) is 6.77. The highest BCUT2D eigenvalue weighted by Gasteiger charge is 2.10. The summed E-state index contributed by atoms with van der Waals surface area (Å²) in [6, 6.07) is 1.64. The zero-order valence-electron chi connectivity index (χ0n) is 8.10. The van der Waals surface area contributed by atoms with Crippen LogP contribution in [0.2, 0.25) is 0 Å². The van der Waals surface area contributed by atoms with Crippen LogP contribution in [-0.2, 0) is 0 Å². The molecule has 1 unspecified atom stereocenters. The summed E-state index contributed by atoms with van der Waals surface area (Å²) < 4.78 is 0. The molecule has 0 aliphatic heterocycles. The van der Waals surface area contributed by atoms with Crippen molar-refractivity contribution in [2.45, 2.75) is 19.4 Å². The second-order valence-corrected chi connectivity index (χ2v) is 2.95. The molecular weight excluding hydrogens is 180 g/mol. The number of rotatable bonds is 4. The van der Waals surface area contributed by atoms with Gasteiger partial charge in [-0.05, 0) is 12.5 Å². The molecule has 1 atom stereocenters. The van der Waals surface area contributed by atoms with E-state index in [9.17, 15) is 4.79 Å². The summed E-state index contributed by atoms with van der Waals surface area (Å²) in [4.78, 5) is 11.5. The minimum Gasteiger partial charge on any atom is -0.348 e. The van der Waals surface area contributed by atoms with E-state index < -0.39 is 0 Å². The van der Waals surface area contributed by atoms with Gasteiger partial charge in [0, 0.05) is 12.6 Å². The molecule has 76 valence electrons. The van der Waals surface area contributed by atoms with Crippen molar-refractivity contribution in [3.63, 3.8) is 0 Å². The fourth-order valence-corrected chi connectivity index (χ4v) is 1.02. The van der Waals surface area contributed by atoms with E-state index in [-0.39, 0.29) is 11.9 Å². The molecule has 14 heavy (non-hydrogen) atoms. The summed E-state index contributed by atoms with van der Waals surface area (Å²) in [5, 5.41) is 10.0. The average Bonchev–Trinajstić information content (AvgIpc) is 2.26. The lowest BCUT2D eigenvalue weighted by atomic mass is 10.2. The maximum absolute atomic E-state index is 11.5. The van der Waals surface area contributed by atoms with Gasteiger partial charge in [0.1, 0.15) is 0 Å². The molecule has 1 aromatic rings. The van der Waals surface area contributed by atoms with Crippen LogP contribution >= 0.6 is 0 Å². The highest BCUT2D eigenvalue weighted by molar-refractivity contribution is 5.93. The van der Waals surface area contributed by atoms with Crippen LogP contribution in [0, 0.1) is 0 Å². The number of aromatic nitrogens is 2. The Bertz CT molecular complexity index is 284. The molecule has 0 aliphatic rings. The van der Waals surface area contributed by atoms with E-state index in [1.807, 2.05) is 6.92 Å². The zero-order valence-corrected chi connectivity index (χ0v) is 8.10. The van der Waals surface area contributed by atoms with Gasteiger partial charge in [0.2, 0.25) is 0 Å². The van der Waals surface area contributed by atoms with Crippen molar-refractivity contribution in [2.75, 3.05) is 6.54 Å². The largest absolute Gasteiger partial charge is 0.348 e. The molecule has 1 rings (SSSR count). The molecule has 0 aromatic carbocycles. The van der Waals surface area contributed by atoms with E-state index in [1.165, 1.54) is 12.4 Å². The predicted octanol–water partition coefficient (Wildman–Crippen LogP) is -0.0563. The van der Waals surface area contributed by atoms with E-state index in [1.54, 1.807) is 6.07 Å². The molecule has 5 heteroatoms. The smallest absolute Gasteiger partial charge is 0.253 e. The van der Waals surface area contributed by atoms with Gasteiger partial charge >= 0.3 is 0 Å². The molecule has 0 saturated carbocycles. The highest BCUT2D eigenvalue weighted by atomic mass is 16.1. The fraction of sp³-hybridized carbons (Fsp3) is 0.444. The Kier molecular flexibility index (Phi) is 4.00. The van der Waals surface area contributed by atoms with Crippen LogP contribution in [0.25, 0.3) is 0 Å². The Labute approximate surface area is 82.7 Å². The number of carbonyl (C=O) groups excluding carboxylic acids is 1. The molecule has 0 fully saturated rings. The summed E-state index contributed by atoms with van der Waals surface area (Å²) in [6.07, 6.45) is 3.73. The van der Waals surface area contributed by atoms with Gasteiger partial charge in [-0.25, -0.2) is 0 Å². The first-order valence-electron chi connectivity index (χ1n) is 4.55. The third-order valence-electron chi connectivity index (χ3n) is 1.96. The van der Waals surface area contributed by atoms with Crippen LogP contribution in [0.5, 0.6) is 0 Å². The van der Waals surface area contributed by atoms with Crippen LogP contribution in [0.15, 0.2) is 18.5 Å². The number of amides is 1. The summed E-state index contributed by atoms with van der Waals surface area (Å²) in [7, 11) is 0. The van der Waals surface area contributed by atoms with Crippen molar-refractivity contribution >= 4 is 5.91 Å². The van der Waals surface area contributed by atoms with E-state index in [0.29, 0.717) is 12.1 Å². The van der Waals surface area contributed by atoms with Crippen molar-refractivity contribution in [3.8, 4) is 0 Å². The van der Waals surface area contributed by atoms with Crippen LogP contribution in [0.1, 0.15) is 23.7 Å². The molecule has 0 bridgehead atoms. The number of carbonyl (C=O) groups is 1. The van der Waals surface area contributed by atoms with Gasteiger partial charge < -0.3 is 11.1 Å². The number of nitrogens with one attached hydrogen (secondary N) is 1. The van der Waals surface area contributed by atoms with Gasteiger partial charge in [0.05, 0.1) is 18.0 Å². The highest BCUT2D eigenvalue weighted by Crippen LogP contribution is 1.96. The summed E-state index contributed by atoms with van der Waals surface area (Å²) in [5.74, 6) is -0.155. The predicted molar refractivity (Wildman–Crippen MR) is 52.6 cm³/mol. The SMILES string of the molecule is CCC(CN)NC(=O)c1ccnnc1. The summed E-state index contributed by atoms with van der Waals surface area (Å²) in [5.41, 5.74) is 5.97. The van der Waals surface area contributed by atoms with Crippen LogP contribution in [-0.4, -0.2) is 28.7 Å². The Morgan fingerprint density at radius 2 is 2.43 bits per heavy atom. The standard InChI is InChI=1S/C9H14N4O/c1-2-8(5-10)13-9(14)7-3-4-11-12-6-7/h3-4,6,8H,2,5,10H2,1H3,(H,13,14). The van der Waals surface area contributed by atoms with Gasteiger partial charge in [0.25, 0.3) is 5.91 Å². The number of nitrogens with zero attached hydrogens (tertiary/aromatic N) is 2. The molecule has 5 nitrogen and oxygen atoms in total. The topological polar surface area (TPSA) is 80.9 Å². The molecular formula is C9H14N4O. The van der Waals surface area contributed by atoms with Crippen LogP contribution in [0.4, 0.5) is 0 Å². The average molecular weight is 194 g/mol. The second-order valence-electron chi connectivity index (χ2n) is 2.95. The second kappa shape index (κ2) is 5.29. The first kappa shape index (κ1) is 10.6. The molecule has 1 amide bonds. The Balaban J connectivity index is 2.59. The van der Waals surface area contributed by atoms with Crippen molar-refractivity contribution in [3.05, 3.63) is 24.0 Å². The molecule has 0 radical (unpaired) electrons. The normalized spacial score (nSPS) is 12.1. The van der Waals surface area contributed by atoms with E-state index >= 15 is 0 Å². The summed E-state index contributed by atoms with van der Waals surface area (Å²) in [6.45, 7) is 2.42. The van der Waals surface area contributed by atoms with E-state index in [0.717, 1.165) is 6.42 Å². The lowest BCUT2D eigenvalue weighted by Gasteiger charge is -2.13. The van der Waals surface area contributed by atoms with Gasteiger partial charge in [0.15, 0.2) is 0 Å². The third kappa shape index (κ3) is 2.77. The number of hydrogen-bond donors (Lipinski definition) is 2. The van der Waals surface area contributed by atoms with Crippen LogP contribution < -0.4 is 11.1 Å². The van der Waals surface area contributed by atoms with Crippen molar-refractivity contribution < 1.29 is 4.79 Å². The van der Waals surface area contributed by atoms with Gasteiger partial charge in [-0.1, -0.05) is 6.92 Å². The minimum atomic E-state index is -0.155. The molecule has 3 N–H and O–H groups in total. The molecule has 1 heterocycles. The minimum absolute atomic E-state index is 0.0238. The quantitative estimate of drug-likeness (QED) is 0.703. The van der Waals surface area contributed by atoms with E-state index in [2.05, 4.69) is 15.5 Å². The molecule has 0 spiro atoms. The molecule has 0 saturated heterocycles. The Hall–Kier alpha value is -1.49. The van der Waals surface area contributed by atoms with Gasteiger partial charge in [-0.3, -0.25) is 4.79 Å². The molecule has 0 aliphatic carbocycles.